The van der Waals surface area contributed by atoms with Gasteiger partial charge in [0.1, 0.15) is 0 Å². The highest BCUT2D eigenvalue weighted by atomic mass is 32.2. The summed E-state index contributed by atoms with van der Waals surface area (Å²) in [6, 6.07) is 2.15. The summed E-state index contributed by atoms with van der Waals surface area (Å²) in [4.78, 5) is 0. The lowest BCUT2D eigenvalue weighted by Crippen LogP contribution is -2.28. The molecular weight excluding hydrogens is 324 g/mol. The number of hydrogen-bond acceptors (Lipinski definition) is 3. The van der Waals surface area contributed by atoms with Crippen molar-refractivity contribution in [2.45, 2.75) is 44.5 Å². The third-order valence-corrected chi connectivity index (χ3v) is 4.73. The van der Waals surface area contributed by atoms with Gasteiger partial charge < -0.3 is 4.18 Å². The minimum Gasteiger partial charge on any atom is -0.373 e. The number of rotatable bonds is 4. The normalized spacial score (nSPS) is 18.9. The molecule has 0 heterocycles. The monoisotopic (exact) mass is 340 g/mol. The van der Waals surface area contributed by atoms with Gasteiger partial charge in [0.25, 0.3) is 0 Å². The smallest absolute Gasteiger partial charge is 0.373 e. The summed E-state index contributed by atoms with van der Waals surface area (Å²) in [7, 11) is -5.86. The molecule has 0 spiro atoms. The quantitative estimate of drug-likeness (QED) is 0.473. The third-order valence-electron chi connectivity index (χ3n) is 3.76. The van der Waals surface area contributed by atoms with E-state index in [1.165, 1.54) is 0 Å². The first-order chi connectivity index (χ1) is 10.1. The highest BCUT2D eigenvalue weighted by Crippen LogP contribution is 2.34. The van der Waals surface area contributed by atoms with Gasteiger partial charge >= 0.3 is 15.6 Å². The van der Waals surface area contributed by atoms with E-state index in [9.17, 15) is 26.0 Å². The van der Waals surface area contributed by atoms with E-state index in [0.717, 1.165) is 31.4 Å². The van der Waals surface area contributed by atoms with Crippen LogP contribution in [0.4, 0.5) is 17.6 Å². The van der Waals surface area contributed by atoms with Gasteiger partial charge in [0.2, 0.25) is 0 Å². The van der Waals surface area contributed by atoms with Crippen LogP contribution in [0.3, 0.4) is 0 Å². The molecule has 1 aliphatic carbocycles. The summed E-state index contributed by atoms with van der Waals surface area (Å²) in [6.45, 7) is 2.05. The Hall–Kier alpha value is -1.31. The molecule has 2 rings (SSSR count). The highest BCUT2D eigenvalue weighted by molar-refractivity contribution is 7.88. The Morgan fingerprint density at radius 2 is 1.95 bits per heavy atom. The summed E-state index contributed by atoms with van der Waals surface area (Å²) in [6.07, 6.45) is 4.07. The van der Waals surface area contributed by atoms with Crippen LogP contribution in [-0.2, 0) is 23.0 Å². The number of benzene rings is 1. The van der Waals surface area contributed by atoms with Gasteiger partial charge in [0.05, 0.1) is 0 Å². The van der Waals surface area contributed by atoms with Crippen LogP contribution in [0.2, 0.25) is 0 Å². The molecule has 1 aliphatic rings. The molecule has 1 atom stereocenters. The van der Waals surface area contributed by atoms with Crippen LogP contribution in [0.25, 0.3) is 0 Å². The molecule has 3 nitrogen and oxygen atoms in total. The number of hydrogen-bond donors (Lipinski definition) is 0. The Labute approximate surface area is 126 Å². The lowest BCUT2D eigenvalue weighted by Gasteiger charge is -2.25. The standard InChI is InChI=1S/C14H16F4O3S/c1-2-3-9-4-5-10-8-13(12(15)7-11(10)6-9)21-22(19,20)14(16,17)18/h7-9H,2-6H2,1H3. The summed E-state index contributed by atoms with van der Waals surface area (Å²) in [5.74, 6) is -1.57. The SMILES string of the molecule is CCCC1CCc2cc(OS(=O)(=O)C(F)(F)F)c(F)cc2C1. The fraction of sp³-hybridized carbons (Fsp3) is 0.571. The first-order valence-electron chi connectivity index (χ1n) is 6.96. The van der Waals surface area contributed by atoms with E-state index in [1.54, 1.807) is 0 Å². The van der Waals surface area contributed by atoms with Crippen LogP contribution >= 0.6 is 0 Å². The first-order valence-corrected chi connectivity index (χ1v) is 8.37. The minimum atomic E-state index is -5.86. The fourth-order valence-corrected chi connectivity index (χ4v) is 3.17. The van der Waals surface area contributed by atoms with Gasteiger partial charge in [-0.2, -0.15) is 21.6 Å². The lowest BCUT2D eigenvalue weighted by atomic mass is 9.81. The largest absolute Gasteiger partial charge is 0.534 e. The zero-order valence-electron chi connectivity index (χ0n) is 11.9. The molecule has 0 fully saturated rings. The van der Waals surface area contributed by atoms with Gasteiger partial charge in [0, 0.05) is 0 Å². The number of aryl methyl sites for hydroxylation is 1. The number of halogens is 4. The van der Waals surface area contributed by atoms with Crippen LogP contribution < -0.4 is 4.18 Å². The van der Waals surface area contributed by atoms with Crippen molar-refractivity contribution in [3.05, 3.63) is 29.1 Å². The Bertz CT molecular complexity index is 653. The molecule has 0 aromatic heterocycles. The zero-order valence-corrected chi connectivity index (χ0v) is 12.7. The van der Waals surface area contributed by atoms with Gasteiger partial charge in [-0.05, 0) is 48.4 Å². The second-order valence-corrected chi connectivity index (χ2v) is 6.97. The van der Waals surface area contributed by atoms with Crippen LogP contribution in [0, 0.1) is 11.7 Å². The van der Waals surface area contributed by atoms with Crippen LogP contribution in [0.15, 0.2) is 12.1 Å². The first kappa shape index (κ1) is 17.1. The van der Waals surface area contributed by atoms with E-state index >= 15 is 0 Å². The van der Waals surface area contributed by atoms with Crippen molar-refractivity contribution in [1.29, 1.82) is 0 Å². The van der Waals surface area contributed by atoms with Crippen molar-refractivity contribution in [3.63, 3.8) is 0 Å². The molecule has 0 radical (unpaired) electrons. The Balaban J connectivity index is 2.27. The van der Waals surface area contributed by atoms with Crippen LogP contribution in [0.1, 0.15) is 37.3 Å². The van der Waals surface area contributed by atoms with Crippen molar-refractivity contribution in [2.24, 2.45) is 5.92 Å². The molecule has 124 valence electrons. The van der Waals surface area contributed by atoms with Crippen molar-refractivity contribution >= 4 is 10.1 Å². The van der Waals surface area contributed by atoms with Gasteiger partial charge in [-0.25, -0.2) is 4.39 Å². The molecule has 0 saturated heterocycles. The molecule has 0 N–H and O–H groups in total. The summed E-state index contributed by atoms with van der Waals surface area (Å²) < 4.78 is 76.6. The van der Waals surface area contributed by atoms with Crippen LogP contribution in [0.5, 0.6) is 5.75 Å². The van der Waals surface area contributed by atoms with Crippen LogP contribution in [-0.4, -0.2) is 13.9 Å². The molecule has 0 saturated carbocycles. The second kappa shape index (κ2) is 6.06. The van der Waals surface area contributed by atoms with E-state index < -0.39 is 27.2 Å². The average molecular weight is 340 g/mol. The second-order valence-electron chi connectivity index (χ2n) is 5.43. The molecule has 0 bridgehead atoms. The lowest BCUT2D eigenvalue weighted by molar-refractivity contribution is -0.0500. The predicted octanol–water partition coefficient (Wildman–Crippen LogP) is 3.96. The van der Waals surface area contributed by atoms with E-state index in [1.807, 2.05) is 0 Å². The Kier molecular flexibility index (Phi) is 4.70. The molecule has 1 aromatic rings. The van der Waals surface area contributed by atoms with E-state index in [0.29, 0.717) is 29.9 Å². The van der Waals surface area contributed by atoms with Crippen molar-refractivity contribution in [2.75, 3.05) is 0 Å². The maximum atomic E-state index is 13.9. The molecule has 0 amide bonds. The van der Waals surface area contributed by atoms with Gasteiger partial charge in [-0.1, -0.05) is 19.8 Å². The van der Waals surface area contributed by atoms with Gasteiger partial charge in [-0.3, -0.25) is 0 Å². The Morgan fingerprint density at radius 1 is 1.27 bits per heavy atom. The van der Waals surface area contributed by atoms with Crippen molar-refractivity contribution in [3.8, 4) is 5.75 Å². The predicted molar refractivity (Wildman–Crippen MR) is 72.4 cm³/mol. The molecular formula is C14H16F4O3S. The summed E-state index contributed by atoms with van der Waals surface area (Å²) >= 11 is 0. The molecule has 8 heteroatoms. The molecule has 1 aromatic carbocycles. The van der Waals surface area contributed by atoms with E-state index in [2.05, 4.69) is 11.1 Å². The molecule has 1 unspecified atom stereocenters. The maximum Gasteiger partial charge on any atom is 0.534 e. The molecule has 0 aliphatic heterocycles. The Morgan fingerprint density at radius 3 is 2.55 bits per heavy atom. The zero-order chi connectivity index (χ0) is 16.5. The van der Waals surface area contributed by atoms with E-state index in [-0.39, 0.29) is 0 Å². The van der Waals surface area contributed by atoms with Gasteiger partial charge in [0.15, 0.2) is 11.6 Å². The number of fused-ring (bicyclic) bond motifs is 1. The van der Waals surface area contributed by atoms with Crippen molar-refractivity contribution in [1.82, 2.24) is 0 Å². The third kappa shape index (κ3) is 3.53. The molecule has 22 heavy (non-hydrogen) atoms. The summed E-state index contributed by atoms with van der Waals surface area (Å²) in [5.41, 5.74) is -4.23. The minimum absolute atomic E-state index is 0.419. The highest BCUT2D eigenvalue weighted by Gasteiger charge is 2.49. The van der Waals surface area contributed by atoms with Gasteiger partial charge in [-0.15, -0.1) is 0 Å². The topological polar surface area (TPSA) is 43.4 Å². The van der Waals surface area contributed by atoms with E-state index in [4.69, 9.17) is 0 Å². The van der Waals surface area contributed by atoms with Crippen molar-refractivity contribution < 1.29 is 30.2 Å². The number of alkyl halides is 3. The average Bonchev–Trinajstić information content (AvgIpc) is 2.38. The summed E-state index contributed by atoms with van der Waals surface area (Å²) in [5, 5.41) is 0. The fourth-order valence-electron chi connectivity index (χ4n) is 2.72. The maximum absolute atomic E-state index is 13.9.